The largest absolute Gasteiger partial charge is 0.472 e. The van der Waals surface area contributed by atoms with Crippen LogP contribution >= 0.6 is 77.3 Å². The number of thiol groups is 1. The molecule has 29 atom stereocenters. The van der Waals surface area contributed by atoms with Gasteiger partial charge in [-0.3, -0.25) is 69.7 Å². The second-order valence-electron chi connectivity index (χ2n) is 30.8. The number of rotatable bonds is 6. The molecule has 12 aromatic heterocycles. The monoisotopic (exact) mass is 2160 g/mol. The Morgan fingerprint density at radius 1 is 0.456 bits per heavy atom. The number of nitrogen functional groups attached to an aromatic ring is 6. The normalized spacial score (nSPS) is 37.3. The molecule has 0 spiro atoms. The molecule has 9 fully saturated rings. The van der Waals surface area contributed by atoms with Crippen molar-refractivity contribution in [2.75, 3.05) is 74.0 Å². The van der Waals surface area contributed by atoms with Crippen LogP contribution in [0.5, 0.6) is 0 Å². The van der Waals surface area contributed by atoms with Gasteiger partial charge in [-0.25, -0.2) is 61.0 Å². The van der Waals surface area contributed by atoms with Crippen LogP contribution in [0, 0.1) is 0 Å². The number of hydrogen-bond donors (Lipinski definition) is 15. The summed E-state index contributed by atoms with van der Waals surface area (Å²) in [6, 6.07) is 7.44. The molecule has 0 amide bonds. The zero-order valence-electron chi connectivity index (χ0n) is 67.5. The lowest BCUT2D eigenvalue weighted by atomic mass is 10.1. The summed E-state index contributed by atoms with van der Waals surface area (Å²) in [4.78, 5) is 131. The van der Waals surface area contributed by atoms with Gasteiger partial charge in [-0.1, -0.05) is 22.7 Å². The average Bonchev–Trinajstić information content (AvgIpc) is 1.60. The predicted molar refractivity (Wildman–Crippen MR) is 477 cm³/mol. The topological polar surface area (TPSA) is 722 Å². The maximum Gasteiger partial charge on any atom is 0.472 e. The highest BCUT2D eigenvalue weighted by Gasteiger charge is 2.65. The molecule has 9 saturated heterocycles. The van der Waals surface area contributed by atoms with Crippen LogP contribution in [0.4, 0.5) is 65.5 Å². The van der Waals surface area contributed by atoms with Crippen molar-refractivity contribution in [3.05, 3.63) is 105 Å². The van der Waals surface area contributed by atoms with E-state index in [1.165, 1.54) is 73.9 Å². The summed E-state index contributed by atoms with van der Waals surface area (Å²) in [5, 5.41) is 11.2. The summed E-state index contributed by atoms with van der Waals surface area (Å²) < 4.78 is 233. The molecule has 732 valence electrons. The van der Waals surface area contributed by atoms with Gasteiger partial charge in [0, 0.05) is 41.9 Å². The summed E-state index contributed by atoms with van der Waals surface area (Å²) in [5.74, 6) is -4.62. The summed E-state index contributed by atoms with van der Waals surface area (Å²) >= 11 is 26.4. The number of aromatic amines is 3. The Kier molecular flexibility index (Phi) is 26.3. The molecule has 53 nitrogen and oxygen atoms in total. The van der Waals surface area contributed by atoms with Gasteiger partial charge in [0.1, 0.15) is 89.5 Å². The number of phosphoric ester groups is 1. The second-order valence-corrected chi connectivity index (χ2v) is 48.9. The molecule has 9 aliphatic rings. The van der Waals surface area contributed by atoms with E-state index in [-0.39, 0.29) is 84.8 Å². The highest BCUT2D eigenvalue weighted by Crippen LogP contribution is 2.63. The Balaban J connectivity index is 0.000000131. The van der Waals surface area contributed by atoms with Crippen molar-refractivity contribution in [3.8, 4) is 0 Å². The molecule has 21 rings (SSSR count). The van der Waals surface area contributed by atoms with Crippen LogP contribution in [0.15, 0.2) is 88.5 Å². The van der Waals surface area contributed by atoms with Crippen LogP contribution in [0.2, 0.25) is 0 Å². The molecule has 73 heteroatoms. The van der Waals surface area contributed by atoms with Crippen LogP contribution in [0.3, 0.4) is 0 Å². The number of H-pyrrole nitrogens is 3. The number of fused-ring (bicyclic) bond motifs is 15. The Hall–Kier alpha value is -7.51. The molecule has 0 radical (unpaired) electrons. The van der Waals surface area contributed by atoms with Gasteiger partial charge < -0.3 is 110 Å². The first kappa shape index (κ1) is 97.3. The van der Waals surface area contributed by atoms with Gasteiger partial charge >= 0.3 is 47.4 Å². The van der Waals surface area contributed by atoms with Crippen LogP contribution in [-0.4, -0.2) is 276 Å². The van der Waals surface area contributed by atoms with Crippen molar-refractivity contribution in [1.82, 2.24) is 103 Å². The van der Waals surface area contributed by atoms with Gasteiger partial charge in [0.25, 0.3) is 16.7 Å². The predicted octanol–water partition coefficient (Wildman–Crippen LogP) is 3.79. The van der Waals surface area contributed by atoms with Gasteiger partial charge in [-0.15, -0.1) is 33.7 Å². The molecule has 12 aromatic rings. The zero-order valence-corrected chi connectivity index (χ0v) is 78.7. The van der Waals surface area contributed by atoms with Gasteiger partial charge in [0.2, 0.25) is 18.1 Å². The molecule has 9 aliphatic heterocycles. The molecule has 0 aromatic carbocycles. The van der Waals surface area contributed by atoms with Crippen LogP contribution in [0.1, 0.15) is 35.7 Å². The quantitative estimate of drug-likeness (QED) is 0.0639. The van der Waals surface area contributed by atoms with Gasteiger partial charge in [-0.05, 0) is 71.5 Å². The number of pyridine rings is 4. The number of aromatic nitrogens is 21. The van der Waals surface area contributed by atoms with Crippen LogP contribution in [0.25, 0.3) is 66.7 Å². The van der Waals surface area contributed by atoms with Crippen LogP contribution in [-0.2, 0) is 130 Å². The van der Waals surface area contributed by atoms with E-state index in [1.807, 2.05) is 0 Å². The number of alkyl halides is 7. The first-order chi connectivity index (χ1) is 64.3. The number of nitrogens with one attached hydrogen (secondary N) is 3. The Morgan fingerprint density at radius 2 is 0.912 bits per heavy atom. The minimum absolute atomic E-state index is 0.00685. The third-order valence-electron chi connectivity index (χ3n) is 22.1. The van der Waals surface area contributed by atoms with E-state index >= 15 is 30.7 Å². The van der Waals surface area contributed by atoms with Crippen molar-refractivity contribution in [2.24, 2.45) is 0 Å². The Labute approximate surface area is 785 Å². The number of imidazole rings is 3. The lowest BCUT2D eigenvalue weighted by Gasteiger charge is -2.27. The molecule has 0 aliphatic carbocycles. The summed E-state index contributed by atoms with van der Waals surface area (Å²) in [7, 11) is -5.37. The maximum atomic E-state index is 16.0. The number of halogens is 7. The zero-order chi connectivity index (χ0) is 96.4. The third kappa shape index (κ3) is 18.7. The Morgan fingerprint density at radius 3 is 1.49 bits per heavy atom. The minimum atomic E-state index is -5.37. The van der Waals surface area contributed by atoms with E-state index in [0.29, 0.717) is 21.4 Å². The molecule has 6 unspecified atom stereocenters. The smallest absolute Gasteiger partial charge is 0.398 e. The van der Waals surface area contributed by atoms with E-state index in [1.54, 1.807) is 12.1 Å². The van der Waals surface area contributed by atoms with Crippen molar-refractivity contribution in [3.63, 3.8) is 0 Å². The summed E-state index contributed by atoms with van der Waals surface area (Å²) in [6.07, 6.45) is -24.1. The minimum Gasteiger partial charge on any atom is -0.398 e. The van der Waals surface area contributed by atoms with Gasteiger partial charge in [-0.2, -0.15) is 28.1 Å². The van der Waals surface area contributed by atoms with Crippen molar-refractivity contribution in [2.45, 2.75) is 144 Å². The molecule has 0 saturated carbocycles. The fourth-order valence-corrected chi connectivity index (χ4v) is 27.4. The van der Waals surface area contributed by atoms with Gasteiger partial charge in [0.05, 0.1) is 86.0 Å². The SMILES string of the molecule is Nc1cc2c(ncn2[C@@H]2O[C@@H]3COP(O)(=S)O[C@H]4[C@H](F)[C@H](n5ccc6c(N)ccnc65)O[C@@H]4COP(=O)(S)O[C@@H]2[C@@H]3F)c(=O)[nH]1.Nc1nc2c(ncn2[C@@H]2S[C@@H]3COP(=O)(O)O[C@@H]4[C@@H](COP(O)(=S)O[C@@H]2[C@H]3F)O[C@@H](n2nnc3c(N)ccnc32)C4(F)F)c(=O)[nH]1.Nc1nc2c(ncn2[C@@H]2S[C@@H]3COP(O)(=S)O[C@H]4[C@H](F)[C@H](n5nnc6c(N)ccnc65)O[C@@H]4COP(O)(=S)O[C@@H]2[C@H]3F)c(=O)[nH]1. The van der Waals surface area contributed by atoms with Crippen LogP contribution < -0.4 is 51.1 Å². The first-order valence-electron chi connectivity index (χ1n) is 39.2. The first-order valence-corrected chi connectivity index (χ1v) is 55.6. The standard InChI is InChI=1S/C23H25F2N7O9P2S2.C20H21F3N10O9P2S2.C20H22F2N10O8P2S3/c24-15-12-6-36-42(34,44)40-18-13(39-22(16(18)25)31-4-2-9-10(26)1-3-28-20(9)31)7-37-43(35,45)41-19(15)23(38-12)32-8-29-17-11(32)5-14(27)30-21(17)33;21-9-8-4-38-43(35,36)42-13-7(40-18(20(13,22)23)33-14-10(30-31-33)6(24)1-2-26-14)3-39-44(37,45)41-12(9)17(46-8)32-5-27-11-15(32)28-19(25)29-16(11)34;21-9-8-4-37-42(35,44)39-13-7(38-18(10(13)22)32-15-11(29-30-32)6(23)1-2-25-15)3-36-41(34,43)40-14(9)19(45-8)31-5-26-12-16(31)27-20(24)28-17(12)33/h1-5,8,12-13,15-16,18-19,22-23H,6-7H2,(H2,26,28)(H,34,44)(H,35,45)(H3,27,30,33);1-2,5,7-9,12-13,17-18H,3-4H2,(H2,24,26)(H,35,36)(H,37,45)(H3,25,28,29,34);1-2,5,7-10,13-14,18-19H,3-4H2,(H2,23,25)(H,34,43)(H,35,44)(H3,24,27,28,33)/t12-,13-,15-,16+,18-,19-,22-,23-,42?,43?;7-,8-,9+,12-,13-,17-,18-,44?;7-,8-,9+,10+,13-,14-,18-,19-,41?,42?/m111/s1. The number of thioether (sulfide) groups is 2. The molecular formula is C63H68F7N27O26P6S7. The van der Waals surface area contributed by atoms with Crippen molar-refractivity contribution < 1.29 is 138 Å². The molecule has 20 N–H and O–H groups in total. The number of phosphoric acid groups is 1. The third-order valence-corrected chi connectivity index (χ3v) is 34.0. The molecule has 21 heterocycles. The second kappa shape index (κ2) is 36.8. The lowest BCUT2D eigenvalue weighted by Crippen LogP contribution is -2.41. The summed E-state index contributed by atoms with van der Waals surface area (Å²) in [5.41, 5.74) is 34.0. The number of ether oxygens (including phenoxy) is 4. The number of hydrogen-bond acceptors (Lipinski definition) is 45. The van der Waals surface area contributed by atoms with Crippen molar-refractivity contribution in [1.29, 1.82) is 0 Å². The van der Waals surface area contributed by atoms with E-state index in [0.717, 1.165) is 34.5 Å². The molecular weight excluding hydrogens is 2090 g/mol. The van der Waals surface area contributed by atoms with E-state index in [9.17, 15) is 48.0 Å². The fourth-order valence-electron chi connectivity index (χ4n) is 16.0. The lowest BCUT2D eigenvalue weighted by molar-refractivity contribution is -0.141. The van der Waals surface area contributed by atoms with Crippen molar-refractivity contribution >= 4 is 226 Å². The number of anilines is 6. The van der Waals surface area contributed by atoms with E-state index in [4.69, 9.17) is 155 Å². The van der Waals surface area contributed by atoms with E-state index < -0.39 is 242 Å². The highest BCUT2D eigenvalue weighted by molar-refractivity contribution is 8.44. The average molecular weight is 2160 g/mol. The number of nitrogens with zero attached hydrogens (tertiary/aromatic N) is 18. The molecule has 6 bridgehead atoms. The van der Waals surface area contributed by atoms with E-state index in [2.05, 4.69) is 87.7 Å². The molecule has 136 heavy (non-hydrogen) atoms. The highest BCUT2D eigenvalue weighted by atomic mass is 32.7. The van der Waals surface area contributed by atoms with Gasteiger partial charge in [0.15, 0.2) is 93.5 Å². The fraction of sp³-hybridized carbons (Fsp3) is 0.476. The Bertz CT molecular complexity index is 6940. The number of nitrogens with two attached hydrogens (primary N) is 6. The maximum absolute atomic E-state index is 16.0. The summed E-state index contributed by atoms with van der Waals surface area (Å²) in [6.45, 7) is -26.1.